The molecule has 0 saturated carbocycles. The molecule has 3 rings (SSSR count). The lowest BCUT2D eigenvalue weighted by Crippen LogP contribution is -2.43. The Bertz CT molecular complexity index is 956. The van der Waals surface area contributed by atoms with Crippen LogP contribution in [0.3, 0.4) is 0 Å². The molecule has 0 radical (unpaired) electrons. The number of hydrogen-bond acceptors (Lipinski definition) is 8. The molecule has 178 valence electrons. The highest BCUT2D eigenvalue weighted by Crippen LogP contribution is 2.42. The molecule has 3 atom stereocenters. The summed E-state index contributed by atoms with van der Waals surface area (Å²) < 4.78 is 19.9. The molecule has 0 unspecified atom stereocenters. The minimum atomic E-state index is -1.95. The zero-order chi connectivity index (χ0) is 23.7. The fraction of sp³-hybridized carbons (Fsp3) is 0.727. The number of aryl methyl sites for hydroxylation is 1. The van der Waals surface area contributed by atoms with Gasteiger partial charge in [-0.1, -0.05) is 20.8 Å². The van der Waals surface area contributed by atoms with Crippen LogP contribution in [0.5, 0.6) is 0 Å². The smallest absolute Gasteiger partial charge is 0.306 e. The maximum Gasteiger partial charge on any atom is 0.306 e. The molecule has 0 amide bonds. The monoisotopic (exact) mass is 463 g/mol. The minimum Gasteiger partial charge on any atom is -0.466 e. The van der Waals surface area contributed by atoms with Crippen molar-refractivity contribution in [3.8, 4) is 0 Å². The lowest BCUT2D eigenvalue weighted by atomic mass is 9.94. The van der Waals surface area contributed by atoms with Gasteiger partial charge in [0, 0.05) is 18.5 Å². The van der Waals surface area contributed by atoms with Gasteiger partial charge in [0.1, 0.15) is 5.82 Å². The maximum absolute atomic E-state index is 12.3. The van der Waals surface area contributed by atoms with Crippen molar-refractivity contribution < 1.29 is 18.7 Å². The molecule has 0 bridgehead atoms. The lowest BCUT2D eigenvalue weighted by molar-refractivity contribution is -0.144. The summed E-state index contributed by atoms with van der Waals surface area (Å²) in [6, 6.07) is 0. The average Bonchev–Trinajstić information content (AvgIpc) is 3.28. The molecule has 9 nitrogen and oxygen atoms in total. The quantitative estimate of drug-likeness (QED) is 0.465. The highest BCUT2D eigenvalue weighted by molar-refractivity contribution is 6.74. The Hall–Kier alpha value is -2.04. The Labute approximate surface area is 191 Å². The zero-order valence-electron chi connectivity index (χ0n) is 20.6. The van der Waals surface area contributed by atoms with Gasteiger partial charge in [-0.15, -0.1) is 0 Å². The number of rotatable bonds is 8. The van der Waals surface area contributed by atoms with Gasteiger partial charge in [0.2, 0.25) is 5.95 Å². The minimum absolute atomic E-state index is 0.00507. The van der Waals surface area contributed by atoms with E-state index in [2.05, 4.69) is 54.2 Å². The number of esters is 1. The highest BCUT2D eigenvalue weighted by Gasteiger charge is 2.42. The molecule has 32 heavy (non-hydrogen) atoms. The zero-order valence-corrected chi connectivity index (χ0v) is 21.6. The Morgan fingerprint density at radius 1 is 1.34 bits per heavy atom. The Balaban J connectivity index is 1.85. The number of carbonyl (C=O) groups excluding carboxylic acids is 1. The van der Waals surface area contributed by atoms with E-state index in [1.54, 1.807) is 17.8 Å². The summed E-state index contributed by atoms with van der Waals surface area (Å²) in [5.74, 6) is 1.08. The van der Waals surface area contributed by atoms with Gasteiger partial charge in [-0.05, 0) is 38.4 Å². The van der Waals surface area contributed by atoms with Gasteiger partial charge in [-0.3, -0.25) is 4.79 Å². The molecule has 1 aliphatic rings. The van der Waals surface area contributed by atoms with Crippen molar-refractivity contribution in [3.05, 3.63) is 17.6 Å². The first-order chi connectivity index (χ1) is 15.0. The summed E-state index contributed by atoms with van der Waals surface area (Å²) >= 11 is 0. The second-order valence-electron chi connectivity index (χ2n) is 9.92. The van der Waals surface area contributed by atoms with Gasteiger partial charge >= 0.3 is 5.97 Å². The second kappa shape index (κ2) is 9.44. The third-order valence-corrected chi connectivity index (χ3v) is 11.1. The summed E-state index contributed by atoms with van der Waals surface area (Å²) in [4.78, 5) is 21.3. The van der Waals surface area contributed by atoms with Crippen LogP contribution < -0.4 is 5.32 Å². The molecule has 1 aliphatic heterocycles. The van der Waals surface area contributed by atoms with E-state index in [0.29, 0.717) is 43.5 Å². The van der Waals surface area contributed by atoms with E-state index < -0.39 is 8.32 Å². The molecule has 3 heterocycles. The third-order valence-electron chi connectivity index (χ3n) is 6.61. The number of aromatic nitrogens is 4. The number of nitrogens with zero attached hydrogens (tertiary/aromatic N) is 4. The fourth-order valence-corrected chi connectivity index (χ4v) is 4.74. The van der Waals surface area contributed by atoms with Gasteiger partial charge in [-0.2, -0.15) is 14.6 Å². The van der Waals surface area contributed by atoms with Crippen molar-refractivity contribution in [2.45, 2.75) is 77.8 Å². The van der Waals surface area contributed by atoms with Gasteiger partial charge < -0.3 is 19.2 Å². The largest absolute Gasteiger partial charge is 0.466 e. The van der Waals surface area contributed by atoms with Gasteiger partial charge in [-0.25, -0.2) is 4.98 Å². The number of ether oxygens (including phenoxy) is 2. The topological polar surface area (TPSA) is 99.9 Å². The van der Waals surface area contributed by atoms with Crippen molar-refractivity contribution in [2.24, 2.45) is 5.92 Å². The molecular formula is C22H37N5O4Si. The van der Waals surface area contributed by atoms with Crippen LogP contribution in [-0.4, -0.2) is 60.2 Å². The van der Waals surface area contributed by atoms with Crippen LogP contribution in [0.25, 0.3) is 5.65 Å². The molecule has 0 aliphatic carbocycles. The van der Waals surface area contributed by atoms with Gasteiger partial charge in [0.05, 0.1) is 38.0 Å². The van der Waals surface area contributed by atoms with Crippen LogP contribution >= 0.6 is 0 Å². The second-order valence-corrected chi connectivity index (χ2v) is 14.7. The summed E-state index contributed by atoms with van der Waals surface area (Å²) in [5, 5.41) is 7.62. The van der Waals surface area contributed by atoms with E-state index in [9.17, 15) is 4.79 Å². The molecule has 1 fully saturated rings. The highest BCUT2D eigenvalue weighted by atomic mass is 28.4. The van der Waals surface area contributed by atoms with Crippen molar-refractivity contribution in [2.75, 3.05) is 25.6 Å². The third kappa shape index (κ3) is 5.13. The van der Waals surface area contributed by atoms with Gasteiger partial charge in [0.15, 0.2) is 14.0 Å². The van der Waals surface area contributed by atoms with Crippen molar-refractivity contribution >= 4 is 25.9 Å². The molecule has 1 N–H and O–H groups in total. The van der Waals surface area contributed by atoms with Crippen molar-refractivity contribution in [3.63, 3.8) is 0 Å². The molecule has 10 heteroatoms. The number of anilines is 1. The number of hydrogen-bond donors (Lipinski definition) is 1. The molecule has 0 aromatic carbocycles. The Morgan fingerprint density at radius 3 is 2.69 bits per heavy atom. The van der Waals surface area contributed by atoms with E-state index in [1.165, 1.54) is 0 Å². The lowest BCUT2D eigenvalue weighted by Gasteiger charge is -2.37. The summed E-state index contributed by atoms with van der Waals surface area (Å²) in [6.07, 6.45) is 2.36. The average molecular weight is 464 g/mol. The maximum atomic E-state index is 12.3. The normalized spacial score (nSPS) is 21.8. The number of nitrogens with one attached hydrogen (secondary N) is 1. The predicted octanol–water partition coefficient (Wildman–Crippen LogP) is 3.90. The summed E-state index contributed by atoms with van der Waals surface area (Å²) in [7, 11) is -0.147. The first-order valence-corrected chi connectivity index (χ1v) is 14.2. The van der Waals surface area contributed by atoms with Gasteiger partial charge in [0.25, 0.3) is 0 Å². The van der Waals surface area contributed by atoms with E-state index in [4.69, 9.17) is 13.9 Å². The van der Waals surface area contributed by atoms with Crippen LogP contribution in [0.2, 0.25) is 18.1 Å². The fourth-order valence-electron chi connectivity index (χ4n) is 3.73. The molecule has 2 aromatic heterocycles. The number of carbonyl (C=O) groups is 1. The van der Waals surface area contributed by atoms with Crippen molar-refractivity contribution in [1.29, 1.82) is 0 Å². The van der Waals surface area contributed by atoms with E-state index in [0.717, 1.165) is 5.56 Å². The van der Waals surface area contributed by atoms with Crippen LogP contribution in [-0.2, 0) is 18.7 Å². The molecular weight excluding hydrogens is 426 g/mol. The van der Waals surface area contributed by atoms with Crippen molar-refractivity contribution in [1.82, 2.24) is 19.6 Å². The van der Waals surface area contributed by atoms with Crippen LogP contribution in [0.15, 0.2) is 6.20 Å². The van der Waals surface area contributed by atoms with Crippen LogP contribution in [0.1, 0.15) is 58.0 Å². The first-order valence-electron chi connectivity index (χ1n) is 11.3. The van der Waals surface area contributed by atoms with E-state index >= 15 is 0 Å². The number of fused-ring (bicyclic) bond motifs is 1. The molecule has 2 aromatic rings. The van der Waals surface area contributed by atoms with E-state index in [1.807, 2.05) is 13.8 Å². The van der Waals surface area contributed by atoms with Crippen LogP contribution in [0, 0.1) is 12.8 Å². The summed E-state index contributed by atoms with van der Waals surface area (Å²) in [6.45, 7) is 15.6. The predicted molar refractivity (Wildman–Crippen MR) is 125 cm³/mol. The SMILES string of the molecule is CCOC(=O)C[C@@H]1C[C@H](c2cnn3c(NC)nc(C)nc23)O[C@@H]1CO[Si](C)(C)C(C)(C)C. The standard InChI is InChI=1S/C22H37N5O4Si/c1-9-29-19(28)11-15-10-17(31-18(15)13-30-32(7,8)22(3,4)5)16-12-24-27-20(16)25-14(2)26-21(27)23-6/h12,15,17-18H,9-11,13H2,1-8H3,(H,23,25,26)/t15-,17+,18+/m0/s1. The van der Waals surface area contributed by atoms with Crippen LogP contribution in [0.4, 0.5) is 5.95 Å². The molecule has 0 spiro atoms. The Kier molecular flexibility index (Phi) is 7.26. The first kappa shape index (κ1) is 24.6. The summed E-state index contributed by atoms with van der Waals surface area (Å²) in [5.41, 5.74) is 1.61. The molecule has 1 saturated heterocycles. The van der Waals surface area contributed by atoms with E-state index in [-0.39, 0.29) is 29.1 Å². The Morgan fingerprint density at radius 2 is 2.06 bits per heavy atom.